The van der Waals surface area contributed by atoms with Gasteiger partial charge in [0.1, 0.15) is 5.69 Å². The molecule has 30 heavy (non-hydrogen) atoms. The number of carbonyl (C=O) groups excluding carboxylic acids is 2. The fourth-order valence-corrected chi connectivity index (χ4v) is 4.89. The number of carbonyl (C=O) groups is 2. The maximum absolute atomic E-state index is 12.9. The van der Waals surface area contributed by atoms with Crippen LogP contribution in [0.25, 0.3) is 0 Å². The first-order valence-electron chi connectivity index (χ1n) is 10.0. The van der Waals surface area contributed by atoms with Crippen LogP contribution in [0.5, 0.6) is 0 Å². The SMILES string of the molecule is CCOC(=O)c1ccc(S(=O)(=O)N2CCN(C(=O)c3cc(C4CC4)[nH]n3)CC2)cc1. The van der Waals surface area contributed by atoms with Crippen LogP contribution in [-0.4, -0.2) is 72.5 Å². The zero-order chi connectivity index (χ0) is 21.3. The second-order valence-corrected chi connectivity index (χ2v) is 9.36. The Balaban J connectivity index is 1.38. The van der Waals surface area contributed by atoms with Crippen LogP contribution < -0.4 is 0 Å². The van der Waals surface area contributed by atoms with Crippen LogP contribution in [0.4, 0.5) is 0 Å². The lowest BCUT2D eigenvalue weighted by atomic mass is 10.2. The number of hydrogen-bond donors (Lipinski definition) is 1. The van der Waals surface area contributed by atoms with Crippen LogP contribution in [0.1, 0.15) is 52.2 Å². The van der Waals surface area contributed by atoms with E-state index in [-0.39, 0.29) is 30.5 Å². The zero-order valence-electron chi connectivity index (χ0n) is 16.7. The second-order valence-electron chi connectivity index (χ2n) is 7.42. The summed E-state index contributed by atoms with van der Waals surface area (Å²) >= 11 is 0. The standard InChI is InChI=1S/C20H24N4O5S/c1-2-29-20(26)15-5-7-16(8-6-15)30(27,28)24-11-9-23(10-12-24)19(25)18-13-17(21-22-18)14-3-4-14/h5-8,13-14H,2-4,9-12H2,1H3,(H,21,22). The molecule has 2 aliphatic rings. The van der Waals surface area contributed by atoms with Gasteiger partial charge in [-0.25, -0.2) is 13.2 Å². The van der Waals surface area contributed by atoms with E-state index in [9.17, 15) is 18.0 Å². The van der Waals surface area contributed by atoms with Gasteiger partial charge >= 0.3 is 5.97 Å². The molecule has 0 atom stereocenters. The highest BCUT2D eigenvalue weighted by molar-refractivity contribution is 7.89. The molecule has 1 aromatic heterocycles. The van der Waals surface area contributed by atoms with Crippen molar-refractivity contribution in [3.8, 4) is 0 Å². The normalized spacial score (nSPS) is 17.7. The van der Waals surface area contributed by atoms with Crippen LogP contribution in [0.15, 0.2) is 35.2 Å². The Morgan fingerprint density at radius 2 is 1.80 bits per heavy atom. The Labute approximate surface area is 175 Å². The van der Waals surface area contributed by atoms with Crippen molar-refractivity contribution in [1.82, 2.24) is 19.4 Å². The monoisotopic (exact) mass is 432 g/mol. The predicted molar refractivity (Wildman–Crippen MR) is 108 cm³/mol. The lowest BCUT2D eigenvalue weighted by Crippen LogP contribution is -2.50. The summed E-state index contributed by atoms with van der Waals surface area (Å²) in [5, 5.41) is 7.04. The molecule has 10 heteroatoms. The number of benzene rings is 1. The van der Waals surface area contributed by atoms with Crippen LogP contribution in [0, 0.1) is 0 Å². The van der Waals surface area contributed by atoms with Crippen molar-refractivity contribution >= 4 is 21.9 Å². The number of rotatable bonds is 6. The first kappa shape index (κ1) is 20.5. The quantitative estimate of drug-likeness (QED) is 0.694. The maximum atomic E-state index is 12.9. The van der Waals surface area contributed by atoms with E-state index >= 15 is 0 Å². The topological polar surface area (TPSA) is 113 Å². The maximum Gasteiger partial charge on any atom is 0.338 e. The number of nitrogens with zero attached hydrogens (tertiary/aromatic N) is 3. The highest BCUT2D eigenvalue weighted by Gasteiger charge is 2.32. The Hall–Kier alpha value is -2.72. The first-order valence-corrected chi connectivity index (χ1v) is 11.5. The Bertz CT molecular complexity index is 1040. The molecule has 0 radical (unpaired) electrons. The minimum atomic E-state index is -3.71. The van der Waals surface area contributed by atoms with Gasteiger partial charge in [0.05, 0.1) is 17.1 Å². The van der Waals surface area contributed by atoms with Gasteiger partial charge in [-0.1, -0.05) is 0 Å². The van der Waals surface area contributed by atoms with Gasteiger partial charge in [-0.2, -0.15) is 9.40 Å². The molecule has 0 bridgehead atoms. The van der Waals surface area contributed by atoms with Gasteiger partial charge in [-0.3, -0.25) is 9.89 Å². The van der Waals surface area contributed by atoms with Crippen molar-refractivity contribution in [3.63, 3.8) is 0 Å². The smallest absolute Gasteiger partial charge is 0.338 e. The van der Waals surface area contributed by atoms with Crippen molar-refractivity contribution in [2.45, 2.75) is 30.6 Å². The van der Waals surface area contributed by atoms with E-state index in [0.717, 1.165) is 18.5 Å². The van der Waals surface area contributed by atoms with Gasteiger partial charge in [0.15, 0.2) is 0 Å². The van der Waals surface area contributed by atoms with Crippen molar-refractivity contribution in [3.05, 3.63) is 47.3 Å². The number of piperazine rings is 1. The van der Waals surface area contributed by atoms with Crippen LogP contribution in [0.2, 0.25) is 0 Å². The summed E-state index contributed by atoms with van der Waals surface area (Å²) in [6.45, 7) is 2.96. The number of nitrogens with one attached hydrogen (secondary N) is 1. The molecule has 1 amide bonds. The van der Waals surface area contributed by atoms with E-state index in [4.69, 9.17) is 4.74 Å². The van der Waals surface area contributed by atoms with E-state index in [1.165, 1.54) is 28.6 Å². The molecule has 1 aliphatic carbocycles. The molecule has 0 unspecified atom stereocenters. The lowest BCUT2D eigenvalue weighted by Gasteiger charge is -2.33. The molecule has 2 aromatic rings. The predicted octanol–water partition coefficient (Wildman–Crippen LogP) is 1.61. The third-order valence-corrected chi connectivity index (χ3v) is 7.28. The first-order chi connectivity index (χ1) is 14.4. The number of sulfonamides is 1. The van der Waals surface area contributed by atoms with Gasteiger partial charge < -0.3 is 9.64 Å². The molecular formula is C20H24N4O5S. The average molecular weight is 433 g/mol. The molecule has 1 saturated heterocycles. The molecule has 1 saturated carbocycles. The molecule has 160 valence electrons. The summed E-state index contributed by atoms with van der Waals surface area (Å²) in [6.07, 6.45) is 2.24. The Morgan fingerprint density at radius 1 is 1.13 bits per heavy atom. The van der Waals surface area contributed by atoms with Gasteiger partial charge in [-0.15, -0.1) is 0 Å². The van der Waals surface area contributed by atoms with Crippen LogP contribution >= 0.6 is 0 Å². The Morgan fingerprint density at radius 3 is 2.40 bits per heavy atom. The fourth-order valence-electron chi connectivity index (χ4n) is 3.47. The van der Waals surface area contributed by atoms with Gasteiger partial charge in [0.25, 0.3) is 5.91 Å². The van der Waals surface area contributed by atoms with E-state index in [1.807, 2.05) is 0 Å². The molecule has 2 heterocycles. The number of aromatic amines is 1. The molecule has 9 nitrogen and oxygen atoms in total. The number of H-pyrrole nitrogens is 1. The molecule has 4 rings (SSSR count). The summed E-state index contributed by atoms with van der Waals surface area (Å²) in [4.78, 5) is 26.1. The molecule has 1 aromatic carbocycles. The summed E-state index contributed by atoms with van der Waals surface area (Å²) in [5.74, 6) is -0.193. The third kappa shape index (κ3) is 4.10. The van der Waals surface area contributed by atoms with E-state index in [1.54, 1.807) is 17.9 Å². The van der Waals surface area contributed by atoms with Crippen LogP contribution in [-0.2, 0) is 14.8 Å². The molecule has 1 N–H and O–H groups in total. The third-order valence-electron chi connectivity index (χ3n) is 5.36. The second kappa shape index (κ2) is 8.19. The highest BCUT2D eigenvalue weighted by Crippen LogP contribution is 2.39. The highest BCUT2D eigenvalue weighted by atomic mass is 32.2. The van der Waals surface area contributed by atoms with Crippen LogP contribution in [0.3, 0.4) is 0 Å². The lowest BCUT2D eigenvalue weighted by molar-refractivity contribution is 0.0526. The molecular weight excluding hydrogens is 408 g/mol. The zero-order valence-corrected chi connectivity index (χ0v) is 17.5. The number of amides is 1. The fraction of sp³-hybridized carbons (Fsp3) is 0.450. The van der Waals surface area contributed by atoms with Crippen molar-refractivity contribution in [2.24, 2.45) is 0 Å². The molecule has 1 aliphatic heterocycles. The van der Waals surface area contributed by atoms with Crippen molar-refractivity contribution in [1.29, 1.82) is 0 Å². The van der Waals surface area contributed by atoms with Gasteiger partial charge in [-0.05, 0) is 50.1 Å². The minimum absolute atomic E-state index is 0.108. The summed E-state index contributed by atoms with van der Waals surface area (Å²) in [6, 6.07) is 7.50. The minimum Gasteiger partial charge on any atom is -0.462 e. The average Bonchev–Trinajstić information content (AvgIpc) is 3.50. The van der Waals surface area contributed by atoms with E-state index in [2.05, 4.69) is 10.2 Å². The van der Waals surface area contributed by atoms with Gasteiger partial charge in [0, 0.05) is 37.8 Å². The summed E-state index contributed by atoms with van der Waals surface area (Å²) < 4.78 is 32.1. The molecule has 0 spiro atoms. The van der Waals surface area contributed by atoms with E-state index < -0.39 is 16.0 Å². The van der Waals surface area contributed by atoms with E-state index in [0.29, 0.717) is 30.3 Å². The Kier molecular flexibility index (Phi) is 5.61. The number of esters is 1. The molecule has 2 fully saturated rings. The van der Waals surface area contributed by atoms with Gasteiger partial charge in [0.2, 0.25) is 10.0 Å². The number of hydrogen-bond acceptors (Lipinski definition) is 6. The number of ether oxygens (including phenoxy) is 1. The summed E-state index contributed by atoms with van der Waals surface area (Å²) in [7, 11) is -3.71. The number of aromatic nitrogens is 2. The van der Waals surface area contributed by atoms with Crippen molar-refractivity contribution in [2.75, 3.05) is 32.8 Å². The van der Waals surface area contributed by atoms with Crippen molar-refractivity contribution < 1.29 is 22.7 Å². The summed E-state index contributed by atoms with van der Waals surface area (Å²) in [5.41, 5.74) is 1.67. The largest absolute Gasteiger partial charge is 0.462 e.